The van der Waals surface area contributed by atoms with Crippen molar-refractivity contribution >= 4 is 39.2 Å². The van der Waals surface area contributed by atoms with Crippen molar-refractivity contribution in [3.05, 3.63) is 63.8 Å². The van der Waals surface area contributed by atoms with Crippen LogP contribution < -0.4 is 5.32 Å². The zero-order valence-corrected chi connectivity index (χ0v) is 16.1. The summed E-state index contributed by atoms with van der Waals surface area (Å²) >= 11 is 4.88. The van der Waals surface area contributed by atoms with Crippen molar-refractivity contribution in [2.24, 2.45) is 0 Å². The molecule has 0 radical (unpaired) electrons. The first-order valence-corrected chi connectivity index (χ1v) is 9.53. The Morgan fingerprint density at radius 1 is 1.27 bits per heavy atom. The molecule has 0 aliphatic carbocycles. The molecule has 1 aliphatic rings. The second-order valence-corrected chi connectivity index (χ2v) is 7.94. The number of nitrogens with one attached hydrogen (secondary N) is 1. The molecule has 8 heteroatoms. The lowest BCUT2D eigenvalue weighted by atomic mass is 9.92. The number of halogens is 1. The van der Waals surface area contributed by atoms with Crippen molar-refractivity contribution in [2.75, 3.05) is 0 Å². The van der Waals surface area contributed by atoms with Crippen molar-refractivity contribution in [1.29, 1.82) is 0 Å². The molecule has 1 atom stereocenters. The Hall–Kier alpha value is -2.45. The Bertz CT molecular complexity index is 968. The molecule has 2 aromatic heterocycles. The fourth-order valence-corrected chi connectivity index (χ4v) is 3.79. The van der Waals surface area contributed by atoms with Gasteiger partial charge in [0.1, 0.15) is 11.8 Å². The third-order valence-corrected chi connectivity index (χ3v) is 5.69. The van der Waals surface area contributed by atoms with E-state index in [2.05, 4.69) is 26.2 Å². The van der Waals surface area contributed by atoms with E-state index in [9.17, 15) is 9.59 Å². The molecule has 1 aromatic carbocycles. The quantitative estimate of drug-likeness (QED) is 0.629. The lowest BCUT2D eigenvalue weighted by Crippen LogP contribution is -2.40. The van der Waals surface area contributed by atoms with E-state index >= 15 is 0 Å². The van der Waals surface area contributed by atoms with E-state index in [1.165, 1.54) is 17.6 Å². The fourth-order valence-electron chi connectivity index (χ4n) is 2.87. The van der Waals surface area contributed by atoms with Crippen LogP contribution in [0.25, 0.3) is 10.8 Å². The molecule has 0 bridgehead atoms. The van der Waals surface area contributed by atoms with E-state index < -0.39 is 11.6 Å². The molecule has 0 saturated carbocycles. The molecule has 3 aromatic rings. The number of rotatable bonds is 4. The van der Waals surface area contributed by atoms with Crippen LogP contribution in [0.15, 0.2) is 56.9 Å². The number of oxazole rings is 1. The van der Waals surface area contributed by atoms with Crippen molar-refractivity contribution in [1.82, 2.24) is 15.2 Å². The smallest absolute Gasteiger partial charge is 0.325 e. The van der Waals surface area contributed by atoms with Crippen LogP contribution in [0.2, 0.25) is 0 Å². The summed E-state index contributed by atoms with van der Waals surface area (Å²) in [6, 6.07) is 10.7. The first-order chi connectivity index (χ1) is 12.5. The van der Waals surface area contributed by atoms with Gasteiger partial charge in [-0.05, 0) is 36.1 Å². The first-order valence-electron chi connectivity index (χ1n) is 7.86. The minimum Gasteiger partial charge on any atom is -0.443 e. The molecule has 3 amide bonds. The summed E-state index contributed by atoms with van der Waals surface area (Å²) in [5, 5.41) is 4.72. The average molecular weight is 432 g/mol. The topological polar surface area (TPSA) is 75.4 Å². The average Bonchev–Trinajstić information content (AvgIpc) is 3.34. The van der Waals surface area contributed by atoms with Crippen LogP contribution in [0.3, 0.4) is 0 Å². The minimum absolute atomic E-state index is 0.0612. The van der Waals surface area contributed by atoms with Crippen molar-refractivity contribution in [2.45, 2.75) is 19.0 Å². The normalized spacial score (nSPS) is 19.8. The van der Waals surface area contributed by atoms with Gasteiger partial charge in [-0.25, -0.2) is 9.78 Å². The molecular weight excluding hydrogens is 418 g/mol. The van der Waals surface area contributed by atoms with Crippen molar-refractivity contribution in [3.63, 3.8) is 0 Å². The number of hydrogen-bond acceptors (Lipinski definition) is 5. The number of hydrogen-bond donors (Lipinski definition) is 1. The number of imide groups is 1. The summed E-state index contributed by atoms with van der Waals surface area (Å²) in [4.78, 5) is 31.8. The van der Waals surface area contributed by atoms with Gasteiger partial charge in [-0.3, -0.25) is 9.69 Å². The number of carbonyl (C=O) groups excluding carboxylic acids is 2. The summed E-state index contributed by atoms with van der Waals surface area (Å²) in [7, 11) is 0. The number of urea groups is 1. The summed E-state index contributed by atoms with van der Waals surface area (Å²) in [6.45, 7) is 1.77. The highest BCUT2D eigenvalue weighted by atomic mass is 79.9. The molecule has 1 fully saturated rings. The maximum atomic E-state index is 12.9. The highest BCUT2D eigenvalue weighted by Crippen LogP contribution is 2.31. The first kappa shape index (κ1) is 17.0. The largest absolute Gasteiger partial charge is 0.443 e. The van der Waals surface area contributed by atoms with Gasteiger partial charge >= 0.3 is 6.03 Å². The second kappa shape index (κ2) is 6.37. The van der Waals surface area contributed by atoms with E-state index in [0.29, 0.717) is 11.6 Å². The van der Waals surface area contributed by atoms with Gasteiger partial charge in [0.05, 0.1) is 17.1 Å². The van der Waals surface area contributed by atoms with Crippen LogP contribution >= 0.6 is 27.3 Å². The van der Waals surface area contributed by atoms with Crippen LogP contribution in [0, 0.1) is 0 Å². The zero-order chi connectivity index (χ0) is 18.3. The molecule has 1 saturated heterocycles. The third-order valence-electron chi connectivity index (χ3n) is 4.30. The van der Waals surface area contributed by atoms with Crippen LogP contribution in [0.5, 0.6) is 0 Å². The van der Waals surface area contributed by atoms with Gasteiger partial charge in [-0.1, -0.05) is 34.1 Å². The van der Waals surface area contributed by atoms with E-state index in [4.69, 9.17) is 4.42 Å². The van der Waals surface area contributed by atoms with Gasteiger partial charge < -0.3 is 9.73 Å². The minimum atomic E-state index is -1.10. The third kappa shape index (κ3) is 2.85. The maximum absolute atomic E-state index is 12.9. The molecule has 26 heavy (non-hydrogen) atoms. The number of aromatic nitrogens is 1. The maximum Gasteiger partial charge on any atom is 0.325 e. The fraction of sp³-hybridized carbons (Fsp3) is 0.167. The Morgan fingerprint density at radius 3 is 2.73 bits per heavy atom. The second-order valence-electron chi connectivity index (χ2n) is 6.07. The predicted molar refractivity (Wildman–Crippen MR) is 100 cm³/mol. The van der Waals surface area contributed by atoms with Crippen LogP contribution in [0.1, 0.15) is 18.2 Å². The van der Waals surface area contributed by atoms with E-state index in [-0.39, 0.29) is 12.5 Å². The number of nitrogens with zero attached hydrogens (tertiary/aromatic N) is 2. The Kier molecular flexibility index (Phi) is 4.16. The SMILES string of the molecule is CC1(c2ccc(Br)cc2)NC(=O)N(Cc2coc(-c3cccs3)n2)C1=O. The predicted octanol–water partition coefficient (Wildman–Crippen LogP) is 4.13. The van der Waals surface area contributed by atoms with Crippen molar-refractivity contribution in [3.8, 4) is 10.8 Å². The van der Waals surface area contributed by atoms with Crippen LogP contribution in [0.4, 0.5) is 4.79 Å². The lowest BCUT2D eigenvalue weighted by molar-refractivity contribution is -0.131. The van der Waals surface area contributed by atoms with Crippen LogP contribution in [-0.4, -0.2) is 21.8 Å². The van der Waals surface area contributed by atoms with Gasteiger partial charge in [0.25, 0.3) is 5.91 Å². The molecule has 1 aliphatic heterocycles. The molecule has 4 rings (SSSR count). The number of carbonyl (C=O) groups is 2. The van der Waals surface area contributed by atoms with Crippen molar-refractivity contribution < 1.29 is 14.0 Å². The molecule has 6 nitrogen and oxygen atoms in total. The lowest BCUT2D eigenvalue weighted by Gasteiger charge is -2.22. The van der Waals surface area contributed by atoms with E-state index in [0.717, 1.165) is 19.8 Å². The summed E-state index contributed by atoms with van der Waals surface area (Å²) < 4.78 is 6.37. The standard InChI is InChI=1S/C18H14BrN3O3S/c1-18(11-4-6-12(19)7-5-11)16(23)22(17(24)21-18)9-13-10-25-15(20-13)14-3-2-8-26-14/h2-8,10H,9H2,1H3,(H,21,24). The van der Waals surface area contributed by atoms with Gasteiger partial charge in [-0.2, -0.15) is 0 Å². The molecular formula is C18H14BrN3O3S. The van der Waals surface area contributed by atoms with E-state index in [1.807, 2.05) is 41.8 Å². The van der Waals surface area contributed by atoms with Gasteiger partial charge in [0.15, 0.2) is 0 Å². The van der Waals surface area contributed by atoms with Gasteiger partial charge in [0.2, 0.25) is 5.89 Å². The Balaban J connectivity index is 1.57. The van der Waals surface area contributed by atoms with Gasteiger partial charge in [0, 0.05) is 4.47 Å². The zero-order valence-electron chi connectivity index (χ0n) is 13.7. The summed E-state index contributed by atoms with van der Waals surface area (Å²) in [5.74, 6) is 0.170. The Labute approximate surface area is 162 Å². The molecule has 1 N–H and O–H groups in total. The van der Waals surface area contributed by atoms with E-state index in [1.54, 1.807) is 6.92 Å². The number of benzene rings is 1. The van der Waals surface area contributed by atoms with Crippen LogP contribution in [-0.2, 0) is 16.9 Å². The monoisotopic (exact) mass is 431 g/mol. The Morgan fingerprint density at radius 2 is 2.04 bits per heavy atom. The number of amides is 3. The van der Waals surface area contributed by atoms with Gasteiger partial charge in [-0.15, -0.1) is 11.3 Å². The summed E-state index contributed by atoms with van der Waals surface area (Å²) in [5.41, 5.74) is 0.149. The molecule has 0 spiro atoms. The molecule has 1 unspecified atom stereocenters. The molecule has 132 valence electrons. The summed E-state index contributed by atoms with van der Waals surface area (Å²) in [6.07, 6.45) is 1.48. The highest BCUT2D eigenvalue weighted by molar-refractivity contribution is 9.10. The number of thiophene rings is 1. The molecule has 3 heterocycles. The highest BCUT2D eigenvalue weighted by Gasteiger charge is 2.49.